The van der Waals surface area contributed by atoms with Crippen molar-refractivity contribution in [1.29, 1.82) is 0 Å². The molecule has 1 saturated heterocycles. The average molecular weight is 276 g/mol. The molecule has 2 atom stereocenters. The van der Waals surface area contributed by atoms with Gasteiger partial charge in [0.15, 0.2) is 0 Å². The molecule has 0 aromatic heterocycles. The van der Waals surface area contributed by atoms with Crippen LogP contribution in [-0.2, 0) is 11.2 Å². The van der Waals surface area contributed by atoms with E-state index < -0.39 is 0 Å². The van der Waals surface area contributed by atoms with Crippen molar-refractivity contribution in [3.63, 3.8) is 0 Å². The smallest absolute Gasteiger partial charge is 0.119 e. The number of fused-ring (bicyclic) bond motifs is 1. The van der Waals surface area contributed by atoms with Crippen LogP contribution in [-0.4, -0.2) is 37.5 Å². The van der Waals surface area contributed by atoms with Gasteiger partial charge in [-0.05, 0) is 49.4 Å². The fraction of sp³-hybridized carbons (Fsp3) is 0.625. The first-order valence-electron chi connectivity index (χ1n) is 7.71. The molecule has 0 radical (unpaired) electrons. The highest BCUT2D eigenvalue weighted by molar-refractivity contribution is 5.42. The summed E-state index contributed by atoms with van der Waals surface area (Å²) >= 11 is 0. The van der Waals surface area contributed by atoms with Crippen LogP contribution in [0.3, 0.4) is 0 Å². The van der Waals surface area contributed by atoms with Crippen LogP contribution < -0.4 is 10.6 Å². The second kappa shape index (κ2) is 6.57. The van der Waals surface area contributed by atoms with Crippen LogP contribution in [0, 0.1) is 0 Å². The number of hydrogen-bond donors (Lipinski definition) is 3. The Kier molecular flexibility index (Phi) is 4.55. The molecule has 0 saturated carbocycles. The molecule has 4 heteroatoms. The Bertz CT molecular complexity index is 442. The number of phenolic OH excluding ortho intramolecular Hbond substituents is 1. The van der Waals surface area contributed by atoms with Gasteiger partial charge in [0.2, 0.25) is 0 Å². The molecule has 2 unspecified atom stereocenters. The van der Waals surface area contributed by atoms with E-state index in [1.807, 2.05) is 6.07 Å². The summed E-state index contributed by atoms with van der Waals surface area (Å²) in [7, 11) is 0. The van der Waals surface area contributed by atoms with Crippen LogP contribution in [0.4, 0.5) is 0 Å². The number of hydrogen-bond acceptors (Lipinski definition) is 4. The van der Waals surface area contributed by atoms with Crippen LogP contribution >= 0.6 is 0 Å². The van der Waals surface area contributed by atoms with E-state index >= 15 is 0 Å². The summed E-state index contributed by atoms with van der Waals surface area (Å²) in [6.07, 6.45) is 4.60. The van der Waals surface area contributed by atoms with Gasteiger partial charge in [0.05, 0.1) is 6.10 Å². The summed E-state index contributed by atoms with van der Waals surface area (Å²) in [5.74, 6) is 0.446. The molecule has 20 heavy (non-hydrogen) atoms. The minimum Gasteiger partial charge on any atom is -0.508 e. The standard InChI is InChI=1S/C16H24N2O2/c19-16-7-2-4-13-14(16)5-1-6-15(13)18-11-12-10-17-8-3-9-20-12/h2,4,7,12,15,17-19H,1,3,5-6,8-11H2. The lowest BCUT2D eigenvalue weighted by Gasteiger charge is -2.28. The molecule has 1 aliphatic heterocycles. The van der Waals surface area contributed by atoms with Crippen molar-refractivity contribution in [2.75, 3.05) is 26.2 Å². The van der Waals surface area contributed by atoms with Crippen molar-refractivity contribution in [3.05, 3.63) is 29.3 Å². The van der Waals surface area contributed by atoms with Crippen molar-refractivity contribution in [2.45, 2.75) is 37.8 Å². The molecule has 110 valence electrons. The second-order valence-corrected chi connectivity index (χ2v) is 5.75. The van der Waals surface area contributed by atoms with E-state index in [-0.39, 0.29) is 6.10 Å². The van der Waals surface area contributed by atoms with Crippen LogP contribution in [0.15, 0.2) is 18.2 Å². The predicted molar refractivity (Wildman–Crippen MR) is 79.0 cm³/mol. The Labute approximate surface area is 120 Å². The van der Waals surface area contributed by atoms with Gasteiger partial charge >= 0.3 is 0 Å². The van der Waals surface area contributed by atoms with E-state index in [0.717, 1.165) is 57.5 Å². The zero-order valence-electron chi connectivity index (χ0n) is 11.9. The molecule has 1 aliphatic carbocycles. The average Bonchev–Trinajstić information content (AvgIpc) is 2.74. The largest absolute Gasteiger partial charge is 0.508 e. The van der Waals surface area contributed by atoms with Crippen molar-refractivity contribution in [2.24, 2.45) is 0 Å². The molecule has 3 rings (SSSR count). The lowest BCUT2D eigenvalue weighted by Crippen LogP contribution is -2.38. The zero-order valence-corrected chi connectivity index (χ0v) is 11.9. The maximum absolute atomic E-state index is 9.97. The molecular weight excluding hydrogens is 252 g/mol. The highest BCUT2D eigenvalue weighted by atomic mass is 16.5. The molecule has 1 aromatic carbocycles. The second-order valence-electron chi connectivity index (χ2n) is 5.75. The summed E-state index contributed by atoms with van der Waals surface area (Å²) in [6, 6.07) is 6.22. The first-order valence-corrected chi connectivity index (χ1v) is 7.71. The Hall–Kier alpha value is -1.10. The van der Waals surface area contributed by atoms with Crippen LogP contribution in [0.5, 0.6) is 5.75 Å². The topological polar surface area (TPSA) is 53.5 Å². The lowest BCUT2D eigenvalue weighted by molar-refractivity contribution is 0.0644. The number of benzene rings is 1. The highest BCUT2D eigenvalue weighted by Crippen LogP contribution is 2.34. The van der Waals surface area contributed by atoms with E-state index in [9.17, 15) is 5.11 Å². The van der Waals surface area contributed by atoms with E-state index in [4.69, 9.17) is 4.74 Å². The Morgan fingerprint density at radius 3 is 3.25 bits per heavy atom. The molecule has 1 heterocycles. The van der Waals surface area contributed by atoms with Gasteiger partial charge in [0.25, 0.3) is 0 Å². The predicted octanol–water partition coefficient (Wildman–Crippen LogP) is 1.74. The minimum atomic E-state index is 0.250. The van der Waals surface area contributed by atoms with Crippen molar-refractivity contribution in [3.8, 4) is 5.75 Å². The summed E-state index contributed by atoms with van der Waals surface area (Å²) < 4.78 is 5.83. The van der Waals surface area contributed by atoms with Gasteiger partial charge in [-0.2, -0.15) is 0 Å². The lowest BCUT2D eigenvalue weighted by atomic mass is 9.87. The monoisotopic (exact) mass is 276 g/mol. The third-order valence-electron chi connectivity index (χ3n) is 4.30. The minimum absolute atomic E-state index is 0.250. The van der Waals surface area contributed by atoms with Crippen LogP contribution in [0.25, 0.3) is 0 Å². The van der Waals surface area contributed by atoms with Gasteiger partial charge in [-0.25, -0.2) is 0 Å². The third kappa shape index (κ3) is 3.14. The number of rotatable bonds is 3. The summed E-state index contributed by atoms with van der Waals surface area (Å²) in [5.41, 5.74) is 2.38. The normalized spacial score (nSPS) is 26.8. The van der Waals surface area contributed by atoms with Gasteiger partial charge in [0.1, 0.15) is 5.75 Å². The van der Waals surface area contributed by atoms with Gasteiger partial charge in [-0.15, -0.1) is 0 Å². The van der Waals surface area contributed by atoms with E-state index in [2.05, 4.69) is 16.7 Å². The van der Waals surface area contributed by atoms with Crippen molar-refractivity contribution < 1.29 is 9.84 Å². The fourth-order valence-corrected chi connectivity index (χ4v) is 3.22. The van der Waals surface area contributed by atoms with E-state index in [0.29, 0.717) is 11.8 Å². The van der Waals surface area contributed by atoms with Crippen molar-refractivity contribution >= 4 is 0 Å². The highest BCUT2D eigenvalue weighted by Gasteiger charge is 2.23. The zero-order chi connectivity index (χ0) is 13.8. The van der Waals surface area contributed by atoms with Crippen LogP contribution in [0.2, 0.25) is 0 Å². The first-order chi connectivity index (χ1) is 9.84. The first kappa shape index (κ1) is 13.9. The molecule has 1 aromatic rings. The Balaban J connectivity index is 1.63. The summed E-state index contributed by atoms with van der Waals surface area (Å²) in [4.78, 5) is 0. The van der Waals surface area contributed by atoms with E-state index in [1.54, 1.807) is 6.07 Å². The molecule has 0 bridgehead atoms. The van der Waals surface area contributed by atoms with Gasteiger partial charge in [-0.3, -0.25) is 0 Å². The summed E-state index contributed by atoms with van der Waals surface area (Å²) in [6.45, 7) is 3.69. The summed E-state index contributed by atoms with van der Waals surface area (Å²) in [5, 5.41) is 17.0. The number of aromatic hydroxyl groups is 1. The maximum Gasteiger partial charge on any atom is 0.119 e. The fourth-order valence-electron chi connectivity index (χ4n) is 3.22. The molecule has 3 N–H and O–H groups in total. The number of ether oxygens (including phenoxy) is 1. The van der Waals surface area contributed by atoms with Gasteiger partial charge in [0, 0.05) is 25.7 Å². The molecular formula is C16H24N2O2. The number of phenols is 1. The SMILES string of the molecule is Oc1cccc2c1CCCC2NCC1CNCCCO1. The van der Waals surface area contributed by atoms with Gasteiger partial charge < -0.3 is 20.5 Å². The Morgan fingerprint density at radius 1 is 1.35 bits per heavy atom. The van der Waals surface area contributed by atoms with Crippen molar-refractivity contribution in [1.82, 2.24) is 10.6 Å². The Morgan fingerprint density at radius 2 is 2.30 bits per heavy atom. The van der Waals surface area contributed by atoms with Gasteiger partial charge in [-0.1, -0.05) is 12.1 Å². The number of nitrogens with one attached hydrogen (secondary N) is 2. The molecule has 0 amide bonds. The quantitative estimate of drug-likeness (QED) is 0.787. The molecule has 4 nitrogen and oxygen atoms in total. The molecule has 2 aliphatic rings. The van der Waals surface area contributed by atoms with E-state index in [1.165, 1.54) is 5.56 Å². The molecule has 0 spiro atoms. The maximum atomic E-state index is 9.97. The molecule has 1 fully saturated rings. The van der Waals surface area contributed by atoms with Crippen LogP contribution in [0.1, 0.15) is 36.4 Å². The third-order valence-corrected chi connectivity index (χ3v) is 4.30.